The average molecular weight is 602 g/mol. The van der Waals surface area contributed by atoms with Gasteiger partial charge in [-0.2, -0.15) is 0 Å². The van der Waals surface area contributed by atoms with Gasteiger partial charge in [0.05, 0.1) is 34.2 Å². The molecule has 4 aromatic rings. The Morgan fingerprint density at radius 2 is 1.05 bits per heavy atom. The van der Waals surface area contributed by atoms with Crippen LogP contribution in [-0.2, 0) is 13.1 Å². The molecule has 0 aliphatic carbocycles. The summed E-state index contributed by atoms with van der Waals surface area (Å²) < 4.78 is 0. The van der Waals surface area contributed by atoms with Crippen molar-refractivity contribution in [2.75, 3.05) is 0 Å². The Labute approximate surface area is 248 Å². The number of hydrogen-bond donors (Lipinski definition) is 0. The Kier molecular flexibility index (Phi) is 10.5. The fourth-order valence-corrected chi connectivity index (χ4v) is 4.83. The van der Waals surface area contributed by atoms with Crippen LogP contribution in [0.3, 0.4) is 0 Å². The van der Waals surface area contributed by atoms with Gasteiger partial charge in [0.2, 0.25) is 0 Å². The second kappa shape index (κ2) is 13.2. The molecule has 0 aliphatic heterocycles. The van der Waals surface area contributed by atoms with Crippen LogP contribution in [0.5, 0.6) is 0 Å². The molecule has 4 rings (SSSR count). The number of halogens is 2. The van der Waals surface area contributed by atoms with Crippen molar-refractivity contribution in [3.63, 3.8) is 0 Å². The fourth-order valence-electron chi connectivity index (χ4n) is 4.83. The molecule has 0 N–H and O–H groups in total. The van der Waals surface area contributed by atoms with E-state index >= 15 is 0 Å². The number of aromatic nitrogens is 1. The Balaban J connectivity index is 0.00000134. The van der Waals surface area contributed by atoms with Gasteiger partial charge in [-0.1, -0.05) is 36.4 Å². The quantitative estimate of drug-likeness (QED) is 0.169. The summed E-state index contributed by atoms with van der Waals surface area (Å²) in [5.41, 5.74) is 15.6. The molecule has 0 saturated carbocycles. The summed E-state index contributed by atoms with van der Waals surface area (Å²) in [6.07, 6.45) is 0. The van der Waals surface area contributed by atoms with Crippen LogP contribution in [0.1, 0.15) is 69.7 Å². The molecule has 0 bridgehead atoms. The van der Waals surface area contributed by atoms with Crippen molar-refractivity contribution >= 4 is 53.8 Å². The van der Waals surface area contributed by atoms with Gasteiger partial charge in [0, 0.05) is 5.39 Å². The predicted molar refractivity (Wildman–Crippen MR) is 168 cm³/mol. The number of benzene rings is 3. The first-order valence-electron chi connectivity index (χ1n) is 12.9. The molecule has 0 amide bonds. The summed E-state index contributed by atoms with van der Waals surface area (Å²) in [6, 6.07) is 15.0. The van der Waals surface area contributed by atoms with Gasteiger partial charge in [0.25, 0.3) is 0 Å². The number of nitrogens with zero attached hydrogens (tertiary/aromatic N) is 3. The molecular weight excluding hydrogens is 565 g/mol. The van der Waals surface area contributed by atoms with Crippen molar-refractivity contribution in [2.24, 2.45) is 9.98 Å². The Morgan fingerprint density at radius 1 is 0.641 bits per heavy atom. The third-order valence-corrected chi connectivity index (χ3v) is 7.67. The summed E-state index contributed by atoms with van der Waals surface area (Å²) in [4.78, 5) is 15.4. The van der Waals surface area contributed by atoms with Gasteiger partial charge in [-0.3, -0.25) is 9.98 Å². The van der Waals surface area contributed by atoms with E-state index in [9.17, 15) is 0 Å². The van der Waals surface area contributed by atoms with Crippen molar-refractivity contribution in [1.29, 1.82) is 0 Å². The molecule has 0 fully saturated rings. The normalized spacial score (nSPS) is 12.1. The van der Waals surface area contributed by atoms with Crippen LogP contribution in [0.25, 0.3) is 10.8 Å². The predicted octanol–water partition coefficient (Wildman–Crippen LogP) is 10.4. The number of rotatable bonds is 4. The minimum absolute atomic E-state index is 0.194. The molecule has 0 saturated heterocycles. The van der Waals surface area contributed by atoms with Crippen LogP contribution in [0.15, 0.2) is 52.4 Å². The van der Waals surface area contributed by atoms with Crippen LogP contribution < -0.4 is 0 Å². The second-order valence-corrected chi connectivity index (χ2v) is 12.1. The van der Waals surface area contributed by atoms with Crippen molar-refractivity contribution in [3.05, 3.63) is 98.4 Å². The van der Waals surface area contributed by atoms with Gasteiger partial charge in [-0.25, -0.2) is 4.98 Å². The average Bonchev–Trinajstić information content (AvgIpc) is 2.90. The van der Waals surface area contributed by atoms with Crippen molar-refractivity contribution in [3.8, 4) is 0 Å². The Bertz CT molecular complexity index is 1550. The molecule has 3 nitrogen and oxygen atoms in total. The van der Waals surface area contributed by atoms with Crippen LogP contribution in [-0.4, -0.2) is 16.4 Å². The van der Waals surface area contributed by atoms with Gasteiger partial charge < -0.3 is 0 Å². The third kappa shape index (κ3) is 6.81. The maximum atomic E-state index is 5.15. The van der Waals surface area contributed by atoms with Crippen LogP contribution in [0.2, 0.25) is 0 Å². The molecule has 0 atom stereocenters. The number of aryl methyl sites for hydroxylation is 4. The maximum absolute atomic E-state index is 5.15. The van der Waals surface area contributed by atoms with E-state index in [1.54, 1.807) is 0 Å². The molecule has 1 aromatic heterocycles. The summed E-state index contributed by atoms with van der Waals surface area (Å²) >= 11 is 0.194. The molecular formula is C33H37Cl2FeN3. The van der Waals surface area contributed by atoms with Crippen LogP contribution in [0.4, 0.5) is 11.4 Å². The number of hydrogen-bond acceptors (Lipinski definition) is 3. The van der Waals surface area contributed by atoms with Gasteiger partial charge in [-0.15, -0.1) is 0 Å². The third-order valence-electron chi connectivity index (χ3n) is 7.67. The number of aliphatic imine (C=N–C) groups is 2. The van der Waals surface area contributed by atoms with Gasteiger partial charge in [-0.05, 0) is 125 Å². The van der Waals surface area contributed by atoms with E-state index in [1.165, 1.54) is 44.5 Å². The molecule has 39 heavy (non-hydrogen) atoms. The summed E-state index contributed by atoms with van der Waals surface area (Å²) in [7, 11) is 9.53. The summed E-state index contributed by atoms with van der Waals surface area (Å²) in [5, 5.41) is 2.25. The van der Waals surface area contributed by atoms with Crippen molar-refractivity contribution in [2.45, 2.75) is 69.2 Å². The number of fused-ring (bicyclic) bond motifs is 1. The van der Waals surface area contributed by atoms with Gasteiger partial charge >= 0.3 is 33.3 Å². The van der Waals surface area contributed by atoms with E-state index in [4.69, 9.17) is 35.2 Å². The zero-order valence-corrected chi connectivity index (χ0v) is 27.1. The topological polar surface area (TPSA) is 37.6 Å². The summed E-state index contributed by atoms with van der Waals surface area (Å²) in [5.74, 6) is 0. The number of pyridine rings is 1. The molecule has 3 aromatic carbocycles. The van der Waals surface area contributed by atoms with Crippen molar-refractivity contribution < 1.29 is 13.1 Å². The SMILES string of the molecule is CC(=Nc1c(C)c(C)cc(C)c1C)c1cc2ccccc2c(C(C)=Nc2c(C)c(C)cc(C)c2C)n1.[Cl][Fe][Cl]. The monoisotopic (exact) mass is 601 g/mol. The molecule has 206 valence electrons. The van der Waals surface area contributed by atoms with Gasteiger partial charge in [0.15, 0.2) is 0 Å². The summed E-state index contributed by atoms with van der Waals surface area (Å²) in [6.45, 7) is 21.3. The first-order chi connectivity index (χ1) is 18.4. The Morgan fingerprint density at radius 3 is 1.51 bits per heavy atom. The van der Waals surface area contributed by atoms with Crippen molar-refractivity contribution in [1.82, 2.24) is 4.98 Å². The molecule has 0 spiro atoms. The van der Waals surface area contributed by atoms with E-state index < -0.39 is 0 Å². The Hall–Kier alpha value is -2.49. The molecule has 0 radical (unpaired) electrons. The van der Waals surface area contributed by atoms with E-state index in [1.807, 2.05) is 0 Å². The molecule has 6 heteroatoms. The minimum atomic E-state index is 0.194. The van der Waals surface area contributed by atoms with Crippen LogP contribution in [0, 0.1) is 55.4 Å². The van der Waals surface area contributed by atoms with Crippen LogP contribution >= 0.6 is 20.2 Å². The molecule has 0 aliphatic rings. The zero-order valence-electron chi connectivity index (χ0n) is 24.5. The van der Waals surface area contributed by atoms with E-state index in [2.05, 4.69) is 112 Å². The van der Waals surface area contributed by atoms with E-state index in [-0.39, 0.29) is 13.1 Å². The first-order valence-corrected chi connectivity index (χ1v) is 16.0. The first kappa shape index (κ1) is 31.0. The van der Waals surface area contributed by atoms with E-state index in [0.717, 1.165) is 45.0 Å². The fraction of sp³-hybridized carbons (Fsp3) is 0.303. The second-order valence-electron chi connectivity index (χ2n) is 10.2. The van der Waals surface area contributed by atoms with E-state index in [0.29, 0.717) is 0 Å². The zero-order chi connectivity index (χ0) is 29.0. The van der Waals surface area contributed by atoms with Gasteiger partial charge in [0.1, 0.15) is 0 Å². The molecule has 1 heterocycles. The molecule has 0 unspecified atom stereocenters. The standard InChI is InChI=1S/C33H37N3.2ClH.Fe/c1-18-15-19(2)23(6)31(22(18)5)34-26(9)30-17-28-13-11-12-14-29(28)33(36-30)27(10)35-32-24(7)20(3)16-21(4)25(32)8;;;/h11-17H,1-10H3;2*1H;/q;;;+2/p-2.